The molecule has 2 aromatic rings. The van der Waals surface area contributed by atoms with E-state index < -0.39 is 0 Å². The van der Waals surface area contributed by atoms with Crippen LogP contribution in [0.4, 0.5) is 5.69 Å². The van der Waals surface area contributed by atoms with E-state index in [9.17, 15) is 4.79 Å². The quantitative estimate of drug-likeness (QED) is 0.535. The number of amides is 1. The summed E-state index contributed by atoms with van der Waals surface area (Å²) < 4.78 is 5.31. The van der Waals surface area contributed by atoms with E-state index in [0.717, 1.165) is 35.0 Å². The maximum Gasteiger partial charge on any atom is 0.283 e. The van der Waals surface area contributed by atoms with Gasteiger partial charge in [-0.25, -0.2) is 4.99 Å². The van der Waals surface area contributed by atoms with Crippen molar-refractivity contribution < 1.29 is 9.53 Å². The second-order valence-corrected chi connectivity index (χ2v) is 6.94. The number of amidine groups is 1. The van der Waals surface area contributed by atoms with Gasteiger partial charge in [0.25, 0.3) is 5.91 Å². The Morgan fingerprint density at radius 3 is 2.69 bits per heavy atom. The summed E-state index contributed by atoms with van der Waals surface area (Å²) in [6.07, 6.45) is 4.03. The SMILES string of the molecule is CCCCSC1=N/C(=C/c2ccccc2)C(=O)N1c1cccc(OC)c1. The number of anilines is 1. The summed E-state index contributed by atoms with van der Waals surface area (Å²) in [5, 5.41) is 0.721. The fraction of sp³-hybridized carbons (Fsp3) is 0.238. The average Bonchev–Trinajstić information content (AvgIpc) is 2.98. The van der Waals surface area contributed by atoms with Gasteiger partial charge in [0, 0.05) is 11.8 Å². The molecule has 0 radical (unpaired) electrons. The van der Waals surface area contributed by atoms with Crippen molar-refractivity contribution in [1.29, 1.82) is 0 Å². The van der Waals surface area contributed by atoms with Gasteiger partial charge in [-0.1, -0.05) is 61.5 Å². The Hall–Kier alpha value is -2.53. The summed E-state index contributed by atoms with van der Waals surface area (Å²) in [6.45, 7) is 2.16. The normalized spacial score (nSPS) is 15.5. The lowest BCUT2D eigenvalue weighted by Gasteiger charge is -2.18. The molecule has 134 valence electrons. The number of carbonyl (C=O) groups excluding carboxylic acids is 1. The predicted molar refractivity (Wildman–Crippen MR) is 110 cm³/mol. The Labute approximate surface area is 158 Å². The predicted octanol–water partition coefficient (Wildman–Crippen LogP) is 4.97. The number of rotatable bonds is 6. The Balaban J connectivity index is 1.94. The molecule has 5 heteroatoms. The van der Waals surface area contributed by atoms with E-state index in [1.165, 1.54) is 0 Å². The van der Waals surface area contributed by atoms with Gasteiger partial charge < -0.3 is 4.74 Å². The van der Waals surface area contributed by atoms with Gasteiger partial charge in [-0.3, -0.25) is 9.69 Å². The van der Waals surface area contributed by atoms with Gasteiger partial charge in [0.2, 0.25) is 0 Å². The second kappa shape index (κ2) is 8.72. The molecule has 4 nitrogen and oxygen atoms in total. The molecule has 1 aliphatic rings. The topological polar surface area (TPSA) is 41.9 Å². The zero-order valence-electron chi connectivity index (χ0n) is 15.0. The number of aliphatic imine (C=N–C) groups is 1. The molecular formula is C21H22N2O2S. The molecule has 3 rings (SSSR count). The Morgan fingerprint density at radius 1 is 1.15 bits per heavy atom. The summed E-state index contributed by atoms with van der Waals surface area (Å²) in [6, 6.07) is 17.3. The first-order chi connectivity index (χ1) is 12.7. The molecule has 0 saturated carbocycles. The van der Waals surface area contributed by atoms with Crippen LogP contribution < -0.4 is 9.64 Å². The number of unbranched alkanes of at least 4 members (excludes halogenated alkanes) is 1. The van der Waals surface area contributed by atoms with Crippen LogP contribution >= 0.6 is 11.8 Å². The summed E-state index contributed by atoms with van der Waals surface area (Å²) in [5.41, 5.74) is 2.19. The van der Waals surface area contributed by atoms with E-state index in [0.29, 0.717) is 11.4 Å². The summed E-state index contributed by atoms with van der Waals surface area (Å²) in [5.74, 6) is 1.54. The Kier molecular flexibility index (Phi) is 6.12. The van der Waals surface area contributed by atoms with E-state index in [2.05, 4.69) is 11.9 Å². The molecule has 0 aromatic heterocycles. The van der Waals surface area contributed by atoms with Crippen molar-refractivity contribution in [2.45, 2.75) is 19.8 Å². The van der Waals surface area contributed by atoms with Crippen molar-refractivity contribution >= 4 is 34.6 Å². The lowest BCUT2D eigenvalue weighted by molar-refractivity contribution is -0.113. The number of benzene rings is 2. The highest BCUT2D eigenvalue weighted by Gasteiger charge is 2.32. The van der Waals surface area contributed by atoms with Crippen LogP contribution in [-0.4, -0.2) is 23.9 Å². The van der Waals surface area contributed by atoms with Gasteiger partial charge in [0.1, 0.15) is 11.4 Å². The molecule has 26 heavy (non-hydrogen) atoms. The molecule has 1 amide bonds. The zero-order chi connectivity index (χ0) is 18.4. The van der Waals surface area contributed by atoms with E-state index in [1.54, 1.807) is 23.8 Å². The van der Waals surface area contributed by atoms with Gasteiger partial charge in [0.15, 0.2) is 5.17 Å². The molecule has 0 unspecified atom stereocenters. The van der Waals surface area contributed by atoms with Gasteiger partial charge in [-0.15, -0.1) is 0 Å². The van der Waals surface area contributed by atoms with Gasteiger partial charge >= 0.3 is 0 Å². The monoisotopic (exact) mass is 366 g/mol. The maximum absolute atomic E-state index is 13.0. The summed E-state index contributed by atoms with van der Waals surface area (Å²) in [4.78, 5) is 19.3. The molecule has 0 spiro atoms. The molecule has 0 N–H and O–H groups in total. The van der Waals surface area contributed by atoms with Crippen molar-refractivity contribution in [3.8, 4) is 5.75 Å². The third kappa shape index (κ3) is 4.17. The number of methoxy groups -OCH3 is 1. The molecule has 0 fully saturated rings. The highest BCUT2D eigenvalue weighted by Crippen LogP contribution is 2.31. The minimum absolute atomic E-state index is 0.110. The second-order valence-electron chi connectivity index (χ2n) is 5.88. The highest BCUT2D eigenvalue weighted by atomic mass is 32.2. The van der Waals surface area contributed by atoms with Crippen molar-refractivity contribution in [2.75, 3.05) is 17.8 Å². The molecule has 2 aromatic carbocycles. The average molecular weight is 366 g/mol. The lowest BCUT2D eigenvalue weighted by Crippen LogP contribution is -2.30. The minimum atomic E-state index is -0.110. The van der Waals surface area contributed by atoms with Crippen LogP contribution in [0.5, 0.6) is 5.75 Å². The first-order valence-electron chi connectivity index (χ1n) is 8.69. The van der Waals surface area contributed by atoms with E-state index in [1.807, 2.05) is 60.7 Å². The third-order valence-electron chi connectivity index (χ3n) is 3.97. The number of hydrogen-bond acceptors (Lipinski definition) is 4. The number of carbonyl (C=O) groups is 1. The molecule has 1 aliphatic heterocycles. The highest BCUT2D eigenvalue weighted by molar-refractivity contribution is 8.14. The first-order valence-corrected chi connectivity index (χ1v) is 9.68. The molecule has 0 saturated heterocycles. The van der Waals surface area contributed by atoms with Crippen molar-refractivity contribution in [3.63, 3.8) is 0 Å². The largest absolute Gasteiger partial charge is 0.497 e. The summed E-state index contributed by atoms with van der Waals surface area (Å²) in [7, 11) is 1.62. The maximum atomic E-state index is 13.0. The number of ether oxygens (including phenoxy) is 1. The third-order valence-corrected chi connectivity index (χ3v) is 5.00. The Bertz CT molecular complexity index is 831. The van der Waals surface area contributed by atoms with Crippen LogP contribution in [0, 0.1) is 0 Å². The smallest absolute Gasteiger partial charge is 0.283 e. The van der Waals surface area contributed by atoms with Crippen LogP contribution in [0.3, 0.4) is 0 Å². The molecular weight excluding hydrogens is 344 g/mol. The lowest BCUT2D eigenvalue weighted by atomic mass is 10.2. The minimum Gasteiger partial charge on any atom is -0.497 e. The Morgan fingerprint density at radius 2 is 1.96 bits per heavy atom. The first kappa shape index (κ1) is 18.3. The number of nitrogens with zero attached hydrogens (tertiary/aromatic N) is 2. The van der Waals surface area contributed by atoms with Gasteiger partial charge in [0.05, 0.1) is 12.8 Å². The van der Waals surface area contributed by atoms with Gasteiger partial charge in [-0.2, -0.15) is 0 Å². The van der Waals surface area contributed by atoms with E-state index in [-0.39, 0.29) is 5.91 Å². The van der Waals surface area contributed by atoms with Gasteiger partial charge in [-0.05, 0) is 30.2 Å². The van der Waals surface area contributed by atoms with Crippen LogP contribution in [0.15, 0.2) is 65.3 Å². The van der Waals surface area contributed by atoms with Crippen molar-refractivity contribution in [2.24, 2.45) is 4.99 Å². The van der Waals surface area contributed by atoms with Crippen molar-refractivity contribution in [1.82, 2.24) is 0 Å². The fourth-order valence-corrected chi connectivity index (χ4v) is 3.68. The molecule has 0 atom stereocenters. The molecule has 1 heterocycles. The van der Waals surface area contributed by atoms with E-state index >= 15 is 0 Å². The van der Waals surface area contributed by atoms with E-state index in [4.69, 9.17) is 4.74 Å². The number of hydrogen-bond donors (Lipinski definition) is 0. The summed E-state index contributed by atoms with van der Waals surface area (Å²) >= 11 is 1.62. The van der Waals surface area contributed by atoms with Crippen LogP contribution in [-0.2, 0) is 4.79 Å². The fourth-order valence-electron chi connectivity index (χ4n) is 2.59. The van der Waals surface area contributed by atoms with Crippen LogP contribution in [0.2, 0.25) is 0 Å². The molecule has 0 bridgehead atoms. The van der Waals surface area contributed by atoms with Crippen molar-refractivity contribution in [3.05, 3.63) is 65.9 Å². The van der Waals surface area contributed by atoms with Crippen LogP contribution in [0.1, 0.15) is 25.3 Å². The number of thioether (sulfide) groups is 1. The zero-order valence-corrected chi connectivity index (χ0v) is 15.8. The molecule has 0 aliphatic carbocycles. The standard InChI is InChI=1S/C21H22N2O2S/c1-3-4-13-26-21-22-19(14-16-9-6-5-7-10-16)20(24)23(21)17-11-8-12-18(15-17)25-2/h5-12,14-15H,3-4,13H2,1-2H3/b19-14+. The van der Waals surface area contributed by atoms with Crippen LogP contribution in [0.25, 0.3) is 6.08 Å².